The number of nitrogens with zero attached hydrogens (tertiary/aromatic N) is 1. The third kappa shape index (κ3) is 4.81. The van der Waals surface area contributed by atoms with E-state index in [0.717, 1.165) is 11.1 Å². The molecule has 25 heavy (non-hydrogen) atoms. The van der Waals surface area contributed by atoms with Gasteiger partial charge in [0.25, 0.3) is 5.91 Å². The molecule has 0 aliphatic rings. The number of hydrogen-bond donors (Lipinski definition) is 1. The first kappa shape index (κ1) is 17.0. The number of nitrogens with one attached hydrogen (secondary N) is 1. The Morgan fingerprint density at radius 1 is 1.04 bits per heavy atom. The van der Waals surface area contributed by atoms with E-state index in [9.17, 15) is 4.79 Å². The summed E-state index contributed by atoms with van der Waals surface area (Å²) in [6.07, 6.45) is 3.41. The van der Waals surface area contributed by atoms with Crippen LogP contribution in [0, 0.1) is 0 Å². The number of hydrogen-bond acceptors (Lipinski definition) is 3. The Hall–Kier alpha value is -2.85. The van der Waals surface area contributed by atoms with Crippen molar-refractivity contribution in [3.63, 3.8) is 0 Å². The first-order valence-electron chi connectivity index (χ1n) is 7.86. The molecule has 1 aromatic heterocycles. The smallest absolute Gasteiger partial charge is 0.255 e. The Balaban J connectivity index is 1.70. The summed E-state index contributed by atoms with van der Waals surface area (Å²) in [4.78, 5) is 16.6. The number of carbonyl (C=O) groups excluding carboxylic acids is 1. The van der Waals surface area contributed by atoms with Gasteiger partial charge in [-0.1, -0.05) is 48.0 Å². The third-order valence-corrected chi connectivity index (χ3v) is 3.83. The van der Waals surface area contributed by atoms with Crippen LogP contribution in [0.5, 0.6) is 5.75 Å². The first-order chi connectivity index (χ1) is 12.2. The Morgan fingerprint density at radius 2 is 1.84 bits per heavy atom. The number of rotatable bonds is 6. The number of carbonyl (C=O) groups is 1. The Morgan fingerprint density at radius 3 is 2.60 bits per heavy atom. The van der Waals surface area contributed by atoms with Crippen molar-refractivity contribution in [1.82, 2.24) is 10.3 Å². The normalized spacial score (nSPS) is 10.3. The maximum atomic E-state index is 12.5. The highest BCUT2D eigenvalue weighted by Gasteiger charge is 2.13. The van der Waals surface area contributed by atoms with Crippen LogP contribution in [-0.2, 0) is 13.2 Å². The summed E-state index contributed by atoms with van der Waals surface area (Å²) < 4.78 is 5.82. The van der Waals surface area contributed by atoms with Crippen molar-refractivity contribution < 1.29 is 9.53 Å². The summed E-state index contributed by atoms with van der Waals surface area (Å²) in [5.74, 6) is 0.256. The molecule has 0 aliphatic carbocycles. The van der Waals surface area contributed by atoms with Crippen LogP contribution >= 0.6 is 11.6 Å². The lowest BCUT2D eigenvalue weighted by Gasteiger charge is -2.12. The number of benzene rings is 2. The summed E-state index contributed by atoms with van der Waals surface area (Å²) in [5.41, 5.74) is 2.36. The quantitative estimate of drug-likeness (QED) is 0.721. The number of ether oxygens (including phenoxy) is 1. The number of aromatic nitrogens is 1. The van der Waals surface area contributed by atoms with E-state index in [0.29, 0.717) is 29.5 Å². The number of pyridine rings is 1. The fraction of sp³-hybridized carbons (Fsp3) is 0.100. The zero-order chi connectivity index (χ0) is 17.5. The Bertz CT molecular complexity index is 839. The van der Waals surface area contributed by atoms with Gasteiger partial charge in [0.15, 0.2) is 0 Å². The van der Waals surface area contributed by atoms with Crippen molar-refractivity contribution in [2.24, 2.45) is 0 Å². The monoisotopic (exact) mass is 352 g/mol. The molecule has 0 aliphatic heterocycles. The molecule has 1 N–H and O–H groups in total. The Labute approximate surface area is 151 Å². The fourth-order valence-corrected chi connectivity index (χ4v) is 2.49. The van der Waals surface area contributed by atoms with Crippen LogP contribution in [0.15, 0.2) is 73.1 Å². The average Bonchev–Trinajstić information content (AvgIpc) is 2.66. The maximum absolute atomic E-state index is 12.5. The zero-order valence-electron chi connectivity index (χ0n) is 13.5. The molecule has 0 atom stereocenters. The molecule has 0 radical (unpaired) electrons. The summed E-state index contributed by atoms with van der Waals surface area (Å²) in [6.45, 7) is 0.767. The molecule has 126 valence electrons. The predicted octanol–water partition coefficient (Wildman–Crippen LogP) is 4.24. The van der Waals surface area contributed by atoms with Gasteiger partial charge in [0.1, 0.15) is 12.4 Å². The highest BCUT2D eigenvalue weighted by Crippen LogP contribution is 2.24. The SMILES string of the molecule is O=C(NCc1cccnc1)c1cc(Cl)ccc1OCc1ccccc1. The van der Waals surface area contributed by atoms with Crippen LogP contribution in [0.2, 0.25) is 5.02 Å². The highest BCUT2D eigenvalue weighted by molar-refractivity contribution is 6.31. The van der Waals surface area contributed by atoms with Gasteiger partial charge in [-0.2, -0.15) is 0 Å². The molecule has 2 aromatic carbocycles. The van der Waals surface area contributed by atoms with Gasteiger partial charge in [0, 0.05) is 24.0 Å². The lowest BCUT2D eigenvalue weighted by molar-refractivity contribution is 0.0946. The first-order valence-corrected chi connectivity index (χ1v) is 8.23. The van der Waals surface area contributed by atoms with Crippen LogP contribution in [0.3, 0.4) is 0 Å². The zero-order valence-corrected chi connectivity index (χ0v) is 14.2. The molecule has 0 bridgehead atoms. The molecular weight excluding hydrogens is 336 g/mol. The molecule has 0 unspecified atom stereocenters. The topological polar surface area (TPSA) is 51.2 Å². The third-order valence-electron chi connectivity index (χ3n) is 3.60. The van der Waals surface area contributed by atoms with Gasteiger partial charge in [-0.05, 0) is 35.4 Å². The fourth-order valence-electron chi connectivity index (χ4n) is 2.32. The van der Waals surface area contributed by atoms with Crippen LogP contribution in [0.25, 0.3) is 0 Å². The maximum Gasteiger partial charge on any atom is 0.255 e. The molecule has 5 heteroatoms. The number of halogens is 1. The summed E-state index contributed by atoms with van der Waals surface area (Å²) in [6, 6.07) is 18.5. The van der Waals surface area contributed by atoms with E-state index >= 15 is 0 Å². The van der Waals surface area contributed by atoms with E-state index in [4.69, 9.17) is 16.3 Å². The summed E-state index contributed by atoms with van der Waals surface area (Å²) >= 11 is 6.05. The van der Waals surface area contributed by atoms with E-state index in [2.05, 4.69) is 10.3 Å². The van der Waals surface area contributed by atoms with Gasteiger partial charge in [-0.25, -0.2) is 0 Å². The second-order valence-corrected chi connectivity index (χ2v) is 5.90. The minimum absolute atomic E-state index is 0.241. The molecule has 0 fully saturated rings. The average molecular weight is 353 g/mol. The summed E-state index contributed by atoms with van der Waals surface area (Å²) in [5, 5.41) is 3.35. The lowest BCUT2D eigenvalue weighted by atomic mass is 10.1. The molecule has 1 heterocycles. The van der Waals surface area contributed by atoms with Gasteiger partial charge in [-0.15, -0.1) is 0 Å². The van der Waals surface area contributed by atoms with E-state index in [1.807, 2.05) is 42.5 Å². The van der Waals surface area contributed by atoms with Crippen molar-refractivity contribution in [3.8, 4) is 5.75 Å². The van der Waals surface area contributed by atoms with Crippen LogP contribution in [0.1, 0.15) is 21.5 Å². The van der Waals surface area contributed by atoms with Gasteiger partial charge >= 0.3 is 0 Å². The van der Waals surface area contributed by atoms with Crippen LogP contribution < -0.4 is 10.1 Å². The predicted molar refractivity (Wildman–Crippen MR) is 97.6 cm³/mol. The van der Waals surface area contributed by atoms with Gasteiger partial charge in [0.2, 0.25) is 0 Å². The van der Waals surface area contributed by atoms with Crippen LogP contribution in [0.4, 0.5) is 0 Å². The summed E-state index contributed by atoms with van der Waals surface area (Å²) in [7, 11) is 0. The molecule has 0 saturated heterocycles. The molecule has 3 aromatic rings. The molecule has 0 saturated carbocycles. The second-order valence-electron chi connectivity index (χ2n) is 5.46. The van der Waals surface area contributed by atoms with E-state index < -0.39 is 0 Å². The minimum Gasteiger partial charge on any atom is -0.488 e. The lowest BCUT2D eigenvalue weighted by Crippen LogP contribution is -2.23. The largest absolute Gasteiger partial charge is 0.488 e. The number of amides is 1. The Kier molecular flexibility index (Phi) is 5.65. The van der Waals surface area contributed by atoms with E-state index in [1.54, 1.807) is 30.6 Å². The van der Waals surface area contributed by atoms with Gasteiger partial charge in [-0.3, -0.25) is 9.78 Å². The van der Waals surface area contributed by atoms with Gasteiger partial charge < -0.3 is 10.1 Å². The standard InChI is InChI=1S/C20H17ClN2O2/c21-17-8-9-19(25-14-15-5-2-1-3-6-15)18(11-17)20(24)23-13-16-7-4-10-22-12-16/h1-12H,13-14H2,(H,23,24). The minimum atomic E-state index is -0.241. The molecular formula is C20H17ClN2O2. The van der Waals surface area contributed by atoms with E-state index in [-0.39, 0.29) is 5.91 Å². The van der Waals surface area contributed by atoms with Crippen LogP contribution in [-0.4, -0.2) is 10.9 Å². The van der Waals surface area contributed by atoms with Crippen molar-refractivity contribution >= 4 is 17.5 Å². The highest BCUT2D eigenvalue weighted by atomic mass is 35.5. The van der Waals surface area contributed by atoms with E-state index in [1.165, 1.54) is 0 Å². The van der Waals surface area contributed by atoms with Crippen molar-refractivity contribution in [1.29, 1.82) is 0 Å². The van der Waals surface area contributed by atoms with Gasteiger partial charge in [0.05, 0.1) is 5.56 Å². The van der Waals surface area contributed by atoms with Crippen molar-refractivity contribution in [3.05, 3.63) is 94.8 Å². The van der Waals surface area contributed by atoms with Crippen molar-refractivity contribution in [2.75, 3.05) is 0 Å². The molecule has 0 spiro atoms. The molecule has 3 rings (SSSR count). The second kappa shape index (κ2) is 8.31. The molecule has 1 amide bonds. The van der Waals surface area contributed by atoms with Crippen molar-refractivity contribution in [2.45, 2.75) is 13.2 Å². The molecule has 4 nitrogen and oxygen atoms in total.